The highest BCUT2D eigenvalue weighted by molar-refractivity contribution is 5.99. The van der Waals surface area contributed by atoms with E-state index in [1.165, 1.54) is 10.9 Å². The average Bonchev–Trinajstić information content (AvgIpc) is 2.97. The predicted octanol–water partition coefficient (Wildman–Crippen LogP) is 3.69. The van der Waals surface area contributed by atoms with Crippen LogP contribution in [0.25, 0.3) is 0 Å². The van der Waals surface area contributed by atoms with Gasteiger partial charge in [0.2, 0.25) is 0 Å². The van der Waals surface area contributed by atoms with Crippen LogP contribution in [0.5, 0.6) is 0 Å². The van der Waals surface area contributed by atoms with Crippen LogP contribution < -0.4 is 10.6 Å². The molecule has 0 saturated carbocycles. The van der Waals surface area contributed by atoms with Crippen LogP contribution in [0.15, 0.2) is 30.5 Å². The molecule has 5 nitrogen and oxygen atoms in total. The Balaban J connectivity index is 1.96. The first kappa shape index (κ1) is 17.4. The molecule has 2 heterocycles. The molecule has 0 radical (unpaired) electrons. The number of hydrogen-bond acceptors (Lipinski definition) is 3. The zero-order valence-corrected chi connectivity index (χ0v) is 14.5. The molecule has 1 aromatic heterocycles. The molecule has 0 unspecified atom stereocenters. The molecule has 0 fully saturated rings. The fraction of sp³-hybridized carbons (Fsp3) is 0.444. The molecule has 1 aliphatic heterocycles. The van der Waals surface area contributed by atoms with Gasteiger partial charge in [-0.2, -0.15) is 5.10 Å². The van der Waals surface area contributed by atoms with Crippen LogP contribution in [0.4, 0.5) is 14.6 Å². The molecule has 1 aliphatic rings. The number of amides is 1. The van der Waals surface area contributed by atoms with Crippen molar-refractivity contribution in [2.24, 2.45) is 0 Å². The third-order valence-electron chi connectivity index (χ3n) is 4.33. The first-order chi connectivity index (χ1) is 11.9. The Labute approximate surface area is 145 Å². The van der Waals surface area contributed by atoms with E-state index in [-0.39, 0.29) is 30.0 Å². The summed E-state index contributed by atoms with van der Waals surface area (Å²) in [7, 11) is 0. The van der Waals surface area contributed by atoms with Crippen LogP contribution in [0, 0.1) is 6.92 Å². The monoisotopic (exact) mass is 348 g/mol. The third-order valence-corrected chi connectivity index (χ3v) is 4.33. The van der Waals surface area contributed by atoms with Gasteiger partial charge in [-0.1, -0.05) is 29.8 Å². The van der Waals surface area contributed by atoms with Gasteiger partial charge in [0, 0.05) is 6.04 Å². The molecule has 2 aromatic rings. The summed E-state index contributed by atoms with van der Waals surface area (Å²) >= 11 is 0. The van der Waals surface area contributed by atoms with Crippen molar-refractivity contribution in [2.75, 3.05) is 5.32 Å². The molecular formula is C18H22F2N4O. The van der Waals surface area contributed by atoms with E-state index in [1.54, 1.807) is 0 Å². The lowest BCUT2D eigenvalue weighted by Crippen LogP contribution is -2.34. The molecule has 0 bridgehead atoms. The first-order valence-corrected chi connectivity index (χ1v) is 8.36. The number of carbonyl (C=O) groups excluding carboxylic acids is 1. The Bertz CT molecular complexity index is 755. The highest BCUT2D eigenvalue weighted by Crippen LogP contribution is 2.39. The summed E-state index contributed by atoms with van der Waals surface area (Å²) in [5.41, 5.74) is 2.31. The SMILES string of the molecule is Cc1ccc([C@@H]2C[C@@H](C(F)F)n3ncc(C(=O)NC(C)C)c3N2)cc1. The maximum atomic E-state index is 13.6. The molecule has 0 aliphatic carbocycles. The van der Waals surface area contributed by atoms with Gasteiger partial charge >= 0.3 is 0 Å². The van der Waals surface area contributed by atoms with Crippen LogP contribution in [0.1, 0.15) is 53.8 Å². The van der Waals surface area contributed by atoms with E-state index in [4.69, 9.17) is 0 Å². The van der Waals surface area contributed by atoms with E-state index >= 15 is 0 Å². The predicted molar refractivity (Wildman–Crippen MR) is 92.0 cm³/mol. The van der Waals surface area contributed by atoms with E-state index in [9.17, 15) is 13.6 Å². The smallest absolute Gasteiger partial charge is 0.260 e. The molecule has 3 rings (SSSR count). The number of anilines is 1. The number of benzene rings is 1. The van der Waals surface area contributed by atoms with Gasteiger partial charge < -0.3 is 10.6 Å². The minimum Gasteiger partial charge on any atom is -0.363 e. The van der Waals surface area contributed by atoms with E-state index in [0.29, 0.717) is 5.82 Å². The van der Waals surface area contributed by atoms with E-state index < -0.39 is 12.5 Å². The molecule has 1 aromatic carbocycles. The maximum absolute atomic E-state index is 13.6. The number of nitrogens with zero attached hydrogens (tertiary/aromatic N) is 2. The van der Waals surface area contributed by atoms with Crippen molar-refractivity contribution in [3.05, 3.63) is 47.2 Å². The summed E-state index contributed by atoms with van der Waals surface area (Å²) in [6, 6.07) is 6.34. The van der Waals surface area contributed by atoms with E-state index in [2.05, 4.69) is 15.7 Å². The van der Waals surface area contributed by atoms with Crippen molar-refractivity contribution < 1.29 is 13.6 Å². The van der Waals surface area contributed by atoms with Crippen LogP contribution in [0.2, 0.25) is 0 Å². The van der Waals surface area contributed by atoms with Gasteiger partial charge in [-0.05, 0) is 32.8 Å². The minimum atomic E-state index is -2.56. The molecule has 7 heteroatoms. The van der Waals surface area contributed by atoms with Gasteiger partial charge in [-0.15, -0.1) is 0 Å². The molecule has 0 saturated heterocycles. The number of nitrogens with one attached hydrogen (secondary N) is 2. The zero-order chi connectivity index (χ0) is 18.1. The number of carbonyl (C=O) groups is 1. The second-order valence-electron chi connectivity index (χ2n) is 6.72. The van der Waals surface area contributed by atoms with Gasteiger partial charge in [0.15, 0.2) is 0 Å². The van der Waals surface area contributed by atoms with Crippen LogP contribution in [-0.2, 0) is 0 Å². The molecule has 25 heavy (non-hydrogen) atoms. The lowest BCUT2D eigenvalue weighted by atomic mass is 9.96. The van der Waals surface area contributed by atoms with Gasteiger partial charge in [-0.25, -0.2) is 13.5 Å². The summed E-state index contributed by atoms with van der Waals surface area (Å²) in [6.45, 7) is 5.67. The number of aromatic nitrogens is 2. The number of hydrogen-bond donors (Lipinski definition) is 2. The second kappa shape index (κ2) is 6.82. The molecule has 2 N–H and O–H groups in total. The molecule has 1 amide bonds. The lowest BCUT2D eigenvalue weighted by Gasteiger charge is -2.32. The first-order valence-electron chi connectivity index (χ1n) is 8.36. The largest absolute Gasteiger partial charge is 0.363 e. The van der Waals surface area contributed by atoms with Crippen LogP contribution in [0.3, 0.4) is 0 Å². The molecule has 0 spiro atoms. The van der Waals surface area contributed by atoms with Crippen LogP contribution >= 0.6 is 0 Å². The number of rotatable bonds is 4. The van der Waals surface area contributed by atoms with Crippen molar-refractivity contribution in [1.29, 1.82) is 0 Å². The summed E-state index contributed by atoms with van der Waals surface area (Å²) in [6.07, 6.45) is -0.997. The van der Waals surface area contributed by atoms with Crippen molar-refractivity contribution in [2.45, 2.75) is 51.7 Å². The van der Waals surface area contributed by atoms with Crippen LogP contribution in [-0.4, -0.2) is 28.2 Å². The molecule has 134 valence electrons. The summed E-state index contributed by atoms with van der Waals surface area (Å²) in [5.74, 6) is 0.0293. The highest BCUT2D eigenvalue weighted by atomic mass is 19.3. The maximum Gasteiger partial charge on any atom is 0.260 e. The standard InChI is InChI=1S/C18H22F2N4O/c1-10(2)22-18(25)13-9-21-24-15(16(19)20)8-14(23-17(13)24)12-6-4-11(3)5-7-12/h4-7,9-10,14-16,23H,8H2,1-3H3,(H,22,25)/t14-,15-/m0/s1. The van der Waals surface area contributed by atoms with Gasteiger partial charge in [-0.3, -0.25) is 4.79 Å². The number of aryl methyl sites for hydroxylation is 1. The topological polar surface area (TPSA) is 59.0 Å². The summed E-state index contributed by atoms with van der Waals surface area (Å²) in [5, 5.41) is 10.1. The third kappa shape index (κ3) is 3.50. The van der Waals surface area contributed by atoms with Crippen molar-refractivity contribution in [3.8, 4) is 0 Å². The van der Waals surface area contributed by atoms with E-state index in [0.717, 1.165) is 11.1 Å². The average molecular weight is 348 g/mol. The highest BCUT2D eigenvalue weighted by Gasteiger charge is 2.36. The number of fused-ring (bicyclic) bond motifs is 1. The molecule has 2 atom stereocenters. The summed E-state index contributed by atoms with van der Waals surface area (Å²) < 4.78 is 28.4. The Morgan fingerprint density at radius 2 is 2.00 bits per heavy atom. The van der Waals surface area contributed by atoms with E-state index in [1.807, 2.05) is 45.0 Å². The quantitative estimate of drug-likeness (QED) is 0.886. The van der Waals surface area contributed by atoms with Gasteiger partial charge in [0.25, 0.3) is 12.3 Å². The number of alkyl halides is 2. The Hall–Kier alpha value is -2.44. The van der Waals surface area contributed by atoms with Gasteiger partial charge in [0.05, 0.1) is 12.2 Å². The molecular weight excluding hydrogens is 326 g/mol. The Kier molecular flexibility index (Phi) is 4.74. The second-order valence-corrected chi connectivity index (χ2v) is 6.72. The Morgan fingerprint density at radius 3 is 2.60 bits per heavy atom. The normalized spacial score (nSPS) is 19.6. The number of halogens is 2. The summed E-state index contributed by atoms with van der Waals surface area (Å²) in [4.78, 5) is 12.4. The fourth-order valence-corrected chi connectivity index (χ4v) is 3.06. The minimum absolute atomic E-state index is 0.0505. The van der Waals surface area contributed by atoms with Gasteiger partial charge in [0.1, 0.15) is 17.4 Å². The van der Waals surface area contributed by atoms with Crippen molar-refractivity contribution >= 4 is 11.7 Å². The lowest BCUT2D eigenvalue weighted by molar-refractivity contribution is 0.0656. The van der Waals surface area contributed by atoms with Crippen molar-refractivity contribution in [3.63, 3.8) is 0 Å². The zero-order valence-electron chi connectivity index (χ0n) is 14.5. The fourth-order valence-electron chi connectivity index (χ4n) is 3.06. The Morgan fingerprint density at radius 1 is 1.32 bits per heavy atom. The van der Waals surface area contributed by atoms with Crippen molar-refractivity contribution in [1.82, 2.24) is 15.1 Å².